The van der Waals surface area contributed by atoms with Crippen LogP contribution in [0, 0.1) is 6.92 Å². The summed E-state index contributed by atoms with van der Waals surface area (Å²) < 4.78 is 4.09. The molecule has 1 unspecified atom stereocenters. The van der Waals surface area contributed by atoms with Crippen molar-refractivity contribution in [3.8, 4) is 0 Å². The van der Waals surface area contributed by atoms with Crippen LogP contribution in [-0.2, 0) is 20.0 Å². The van der Waals surface area contributed by atoms with Gasteiger partial charge in [-0.25, -0.2) is 4.98 Å². The molecule has 0 bridgehead atoms. The quantitative estimate of drug-likeness (QED) is 0.690. The third kappa shape index (κ3) is 2.56. The van der Waals surface area contributed by atoms with Gasteiger partial charge >= 0.3 is 0 Å². The van der Waals surface area contributed by atoms with E-state index in [1.807, 2.05) is 31.6 Å². The lowest BCUT2D eigenvalue weighted by Crippen LogP contribution is -2.10. The molecule has 0 fully saturated rings. The number of fused-ring (bicyclic) bond motifs is 1. The van der Waals surface area contributed by atoms with Gasteiger partial charge in [0.25, 0.3) is 0 Å². The highest BCUT2D eigenvalue weighted by molar-refractivity contribution is 6.20. The van der Waals surface area contributed by atoms with Crippen LogP contribution in [-0.4, -0.2) is 19.3 Å². The molecular weight excluding hydrogens is 284 g/mol. The van der Waals surface area contributed by atoms with Gasteiger partial charge in [0.1, 0.15) is 11.3 Å². The minimum absolute atomic E-state index is 0.118. The van der Waals surface area contributed by atoms with Crippen molar-refractivity contribution in [3.63, 3.8) is 0 Å². The highest BCUT2D eigenvalue weighted by atomic mass is 35.5. The number of aromatic nitrogens is 4. The maximum atomic E-state index is 6.31. The van der Waals surface area contributed by atoms with Crippen LogP contribution in [0.4, 0.5) is 0 Å². The van der Waals surface area contributed by atoms with Crippen LogP contribution < -0.4 is 0 Å². The smallest absolute Gasteiger partial charge is 0.158 e. The van der Waals surface area contributed by atoms with Crippen molar-refractivity contribution in [2.24, 2.45) is 7.05 Å². The maximum absolute atomic E-state index is 6.31. The Kier molecular flexibility index (Phi) is 3.72. The third-order valence-corrected chi connectivity index (χ3v) is 3.94. The Morgan fingerprint density at radius 2 is 1.95 bits per heavy atom. The Bertz CT molecular complexity index is 756. The van der Waals surface area contributed by atoms with Gasteiger partial charge in [-0.2, -0.15) is 5.10 Å². The summed E-state index contributed by atoms with van der Waals surface area (Å²) in [6.07, 6.45) is 0.952. The minimum Gasteiger partial charge on any atom is -0.311 e. The molecule has 0 N–H and O–H groups in total. The monoisotopic (exact) mass is 302 g/mol. The molecule has 0 aliphatic carbocycles. The first kappa shape index (κ1) is 14.1. The molecule has 3 aromatic rings. The van der Waals surface area contributed by atoms with Gasteiger partial charge in [-0.05, 0) is 25.8 Å². The van der Waals surface area contributed by atoms with E-state index in [0.29, 0.717) is 0 Å². The van der Waals surface area contributed by atoms with Crippen molar-refractivity contribution in [1.82, 2.24) is 19.3 Å². The summed E-state index contributed by atoms with van der Waals surface area (Å²) in [5, 5.41) is 4.34. The molecule has 0 radical (unpaired) electrons. The molecule has 5 heteroatoms. The molecule has 2 aromatic heterocycles. The van der Waals surface area contributed by atoms with Crippen LogP contribution in [0.1, 0.15) is 29.4 Å². The fourth-order valence-electron chi connectivity index (χ4n) is 2.76. The summed E-state index contributed by atoms with van der Waals surface area (Å²) in [6.45, 7) is 4.80. The number of benzene rings is 1. The SMILES string of the molecule is Cc1nn(C)c2c1nc(C(C)Cl)n2CCc1ccccc1. The minimum atomic E-state index is -0.118. The first-order chi connectivity index (χ1) is 10.1. The molecule has 21 heavy (non-hydrogen) atoms. The molecule has 1 atom stereocenters. The van der Waals surface area contributed by atoms with E-state index in [4.69, 9.17) is 16.6 Å². The van der Waals surface area contributed by atoms with E-state index in [1.54, 1.807) is 0 Å². The van der Waals surface area contributed by atoms with E-state index in [1.165, 1.54) is 5.56 Å². The molecule has 4 nitrogen and oxygen atoms in total. The fraction of sp³-hybridized carbons (Fsp3) is 0.375. The molecule has 0 spiro atoms. The third-order valence-electron chi connectivity index (χ3n) is 3.74. The largest absolute Gasteiger partial charge is 0.311 e. The number of rotatable bonds is 4. The summed E-state index contributed by atoms with van der Waals surface area (Å²) in [6, 6.07) is 10.5. The van der Waals surface area contributed by atoms with Crippen molar-refractivity contribution in [1.29, 1.82) is 0 Å². The van der Waals surface area contributed by atoms with E-state index in [2.05, 4.69) is 33.9 Å². The molecule has 1 aromatic carbocycles. The Balaban J connectivity index is 2.01. The zero-order valence-corrected chi connectivity index (χ0v) is 13.3. The second-order valence-corrected chi connectivity index (χ2v) is 6.01. The van der Waals surface area contributed by atoms with Crippen LogP contribution in [0.3, 0.4) is 0 Å². The number of imidazole rings is 1. The number of hydrogen-bond donors (Lipinski definition) is 0. The van der Waals surface area contributed by atoms with Crippen LogP contribution >= 0.6 is 11.6 Å². The average molecular weight is 303 g/mol. The van der Waals surface area contributed by atoms with Crippen LogP contribution in [0.25, 0.3) is 11.2 Å². The molecule has 0 saturated carbocycles. The predicted molar refractivity (Wildman–Crippen MR) is 85.7 cm³/mol. The molecule has 0 amide bonds. The molecule has 2 heterocycles. The highest BCUT2D eigenvalue weighted by Gasteiger charge is 2.19. The number of hydrogen-bond acceptors (Lipinski definition) is 2. The highest BCUT2D eigenvalue weighted by Crippen LogP contribution is 2.26. The lowest BCUT2D eigenvalue weighted by atomic mass is 10.1. The topological polar surface area (TPSA) is 35.6 Å². The van der Waals surface area contributed by atoms with Gasteiger partial charge in [-0.15, -0.1) is 11.6 Å². The van der Waals surface area contributed by atoms with E-state index in [0.717, 1.165) is 35.6 Å². The van der Waals surface area contributed by atoms with Crippen molar-refractivity contribution in [2.75, 3.05) is 0 Å². The normalized spacial score (nSPS) is 13.0. The van der Waals surface area contributed by atoms with E-state index >= 15 is 0 Å². The standard InChI is InChI=1S/C16H19ClN4/c1-11(17)15-18-14-12(2)19-20(3)16(14)21(15)10-9-13-7-5-4-6-8-13/h4-8,11H,9-10H2,1-3H3. The van der Waals surface area contributed by atoms with Crippen LogP contribution in [0.5, 0.6) is 0 Å². The molecule has 0 aliphatic rings. The zero-order chi connectivity index (χ0) is 15.0. The summed E-state index contributed by atoms with van der Waals surface area (Å²) in [4.78, 5) is 4.69. The summed E-state index contributed by atoms with van der Waals surface area (Å²) in [5.41, 5.74) is 4.26. The lowest BCUT2D eigenvalue weighted by Gasteiger charge is -2.11. The summed E-state index contributed by atoms with van der Waals surface area (Å²) in [7, 11) is 1.96. The Hall–Kier alpha value is -1.81. The van der Waals surface area contributed by atoms with Gasteiger partial charge in [-0.1, -0.05) is 30.3 Å². The lowest BCUT2D eigenvalue weighted by molar-refractivity contribution is 0.637. The molecule has 110 valence electrons. The van der Waals surface area contributed by atoms with Gasteiger partial charge in [-0.3, -0.25) is 4.68 Å². The fourth-order valence-corrected chi connectivity index (χ4v) is 2.93. The molecule has 0 saturated heterocycles. The molecule has 3 rings (SSSR count). The second-order valence-electron chi connectivity index (χ2n) is 5.35. The Morgan fingerprint density at radius 1 is 1.24 bits per heavy atom. The number of halogens is 1. The summed E-state index contributed by atoms with van der Waals surface area (Å²) >= 11 is 6.31. The van der Waals surface area contributed by atoms with Crippen LogP contribution in [0.2, 0.25) is 0 Å². The van der Waals surface area contributed by atoms with E-state index in [-0.39, 0.29) is 5.38 Å². The van der Waals surface area contributed by atoms with Gasteiger partial charge < -0.3 is 4.57 Å². The first-order valence-electron chi connectivity index (χ1n) is 7.15. The number of nitrogens with zero attached hydrogens (tertiary/aromatic N) is 4. The number of alkyl halides is 1. The van der Waals surface area contributed by atoms with Gasteiger partial charge in [0.2, 0.25) is 0 Å². The van der Waals surface area contributed by atoms with Crippen molar-refractivity contribution < 1.29 is 0 Å². The second kappa shape index (κ2) is 5.53. The van der Waals surface area contributed by atoms with Crippen molar-refractivity contribution >= 4 is 22.8 Å². The van der Waals surface area contributed by atoms with Gasteiger partial charge in [0, 0.05) is 13.6 Å². The Labute approximate surface area is 129 Å². The zero-order valence-electron chi connectivity index (χ0n) is 12.5. The van der Waals surface area contributed by atoms with Crippen molar-refractivity contribution in [2.45, 2.75) is 32.2 Å². The average Bonchev–Trinajstić information content (AvgIpc) is 2.97. The van der Waals surface area contributed by atoms with Gasteiger partial charge in [0.15, 0.2) is 5.65 Å². The van der Waals surface area contributed by atoms with E-state index < -0.39 is 0 Å². The number of aryl methyl sites for hydroxylation is 4. The molecular formula is C16H19ClN4. The first-order valence-corrected chi connectivity index (χ1v) is 7.59. The van der Waals surface area contributed by atoms with Gasteiger partial charge in [0.05, 0.1) is 11.1 Å². The van der Waals surface area contributed by atoms with Crippen molar-refractivity contribution in [3.05, 3.63) is 47.4 Å². The Morgan fingerprint density at radius 3 is 2.62 bits per heavy atom. The summed E-state index contributed by atoms with van der Waals surface area (Å²) in [5.74, 6) is 0.915. The van der Waals surface area contributed by atoms with E-state index in [9.17, 15) is 0 Å². The molecule has 0 aliphatic heterocycles. The predicted octanol–water partition coefficient (Wildman–Crippen LogP) is 3.62. The maximum Gasteiger partial charge on any atom is 0.158 e. The van der Waals surface area contributed by atoms with Crippen LogP contribution in [0.15, 0.2) is 30.3 Å².